The molecule has 0 aromatic rings. The monoisotopic (exact) mass is 164 g/mol. The van der Waals surface area contributed by atoms with E-state index in [4.69, 9.17) is 0 Å². The molecule has 1 fully saturated rings. The maximum absolute atomic E-state index is 4.04. The Bertz CT molecular complexity index is 198. The van der Waals surface area contributed by atoms with Crippen molar-refractivity contribution in [2.45, 2.75) is 33.6 Å². The minimum atomic E-state index is 0.458. The quantitative estimate of drug-likeness (QED) is 0.556. The minimum Gasteiger partial charge on any atom is -0.103 e. The highest BCUT2D eigenvalue weighted by molar-refractivity contribution is 5.12. The zero-order valence-electron chi connectivity index (χ0n) is 8.56. The molecule has 1 rings (SSSR count). The van der Waals surface area contributed by atoms with E-state index in [2.05, 4.69) is 33.9 Å². The molecule has 1 aliphatic carbocycles. The summed E-state index contributed by atoms with van der Waals surface area (Å²) in [4.78, 5) is 0. The van der Waals surface area contributed by atoms with E-state index in [1.165, 1.54) is 12.0 Å². The number of hydrogen-bond donors (Lipinski definition) is 0. The lowest BCUT2D eigenvalue weighted by Gasteiger charge is -2.53. The maximum Gasteiger partial charge on any atom is -0.0152 e. The highest BCUT2D eigenvalue weighted by Gasteiger charge is 2.46. The number of allylic oxidation sites excluding steroid dienone is 2. The molecule has 2 atom stereocenters. The number of hydrogen-bond acceptors (Lipinski definition) is 0. The van der Waals surface area contributed by atoms with E-state index in [-0.39, 0.29) is 0 Å². The van der Waals surface area contributed by atoms with Crippen LogP contribution in [0.25, 0.3) is 0 Å². The van der Waals surface area contributed by atoms with E-state index in [9.17, 15) is 0 Å². The molecule has 0 nitrogen and oxygen atoms in total. The van der Waals surface area contributed by atoms with Crippen LogP contribution in [0.4, 0.5) is 0 Å². The van der Waals surface area contributed by atoms with Crippen LogP contribution in [0.3, 0.4) is 0 Å². The molecule has 0 radical (unpaired) electrons. The highest BCUT2D eigenvalue weighted by atomic mass is 14.5. The lowest BCUT2D eigenvalue weighted by atomic mass is 9.52. The van der Waals surface area contributed by atoms with Crippen LogP contribution in [0.15, 0.2) is 24.8 Å². The van der Waals surface area contributed by atoms with Crippen LogP contribution < -0.4 is 0 Å². The Morgan fingerprint density at radius 1 is 1.58 bits per heavy atom. The predicted octanol–water partition coefficient (Wildman–Crippen LogP) is 3.80. The third kappa shape index (κ3) is 1.35. The van der Waals surface area contributed by atoms with Gasteiger partial charge in [-0.25, -0.2) is 0 Å². The molecule has 1 aliphatic rings. The van der Waals surface area contributed by atoms with Crippen molar-refractivity contribution in [1.82, 2.24) is 0 Å². The highest BCUT2D eigenvalue weighted by Crippen LogP contribution is 2.55. The van der Waals surface area contributed by atoms with Crippen LogP contribution >= 0.6 is 0 Å². The molecule has 0 N–H and O–H groups in total. The topological polar surface area (TPSA) is 0 Å². The van der Waals surface area contributed by atoms with Crippen LogP contribution in [-0.4, -0.2) is 0 Å². The fraction of sp³-hybridized carbons (Fsp3) is 0.667. The van der Waals surface area contributed by atoms with Gasteiger partial charge >= 0.3 is 0 Å². The van der Waals surface area contributed by atoms with Crippen molar-refractivity contribution >= 4 is 0 Å². The largest absolute Gasteiger partial charge is 0.103 e. The van der Waals surface area contributed by atoms with Gasteiger partial charge in [0.15, 0.2) is 0 Å². The molecule has 1 saturated carbocycles. The zero-order chi connectivity index (χ0) is 9.35. The summed E-state index contributed by atoms with van der Waals surface area (Å²) in [5, 5.41) is 0. The third-order valence-electron chi connectivity index (χ3n) is 3.52. The fourth-order valence-electron chi connectivity index (χ4n) is 2.45. The maximum atomic E-state index is 4.04. The molecule has 0 aliphatic heterocycles. The average Bonchev–Trinajstić information content (AvgIpc) is 1.96. The zero-order valence-corrected chi connectivity index (χ0v) is 8.56. The van der Waals surface area contributed by atoms with Crippen molar-refractivity contribution in [3.8, 4) is 0 Å². The van der Waals surface area contributed by atoms with Gasteiger partial charge < -0.3 is 0 Å². The van der Waals surface area contributed by atoms with Gasteiger partial charge in [0.05, 0.1) is 0 Å². The number of rotatable bonds is 3. The molecule has 0 saturated heterocycles. The summed E-state index contributed by atoms with van der Waals surface area (Å²) in [7, 11) is 0. The molecule has 0 aromatic heterocycles. The molecule has 0 heterocycles. The molecule has 0 spiro atoms. The molecule has 0 amide bonds. The normalized spacial score (nSPS) is 32.2. The first-order chi connectivity index (χ1) is 5.50. The van der Waals surface area contributed by atoms with Gasteiger partial charge in [0.1, 0.15) is 0 Å². The molecular weight excluding hydrogens is 144 g/mol. The third-order valence-corrected chi connectivity index (χ3v) is 3.52. The van der Waals surface area contributed by atoms with Gasteiger partial charge in [-0.15, -0.1) is 6.58 Å². The summed E-state index contributed by atoms with van der Waals surface area (Å²) >= 11 is 0. The molecule has 0 bridgehead atoms. The Balaban J connectivity index is 2.59. The summed E-state index contributed by atoms with van der Waals surface area (Å²) in [5.74, 6) is 1.57. The molecular formula is C12H20. The lowest BCUT2D eigenvalue weighted by Crippen LogP contribution is -2.44. The standard InChI is InChI=1S/C12H20/c1-6-7-10-8-11(9(2)3)12(10,4)5/h6,10-11H,1-2,7-8H2,3-5H3. The van der Waals surface area contributed by atoms with Crippen LogP contribution in [-0.2, 0) is 0 Å². The van der Waals surface area contributed by atoms with Gasteiger partial charge in [-0.1, -0.05) is 32.1 Å². The van der Waals surface area contributed by atoms with E-state index in [0.717, 1.165) is 18.3 Å². The predicted molar refractivity (Wildman–Crippen MR) is 55.0 cm³/mol. The van der Waals surface area contributed by atoms with Crippen LogP contribution in [0, 0.1) is 17.3 Å². The average molecular weight is 164 g/mol. The summed E-state index contributed by atoms with van der Waals surface area (Å²) in [6.45, 7) is 14.7. The van der Waals surface area contributed by atoms with Gasteiger partial charge in [0.25, 0.3) is 0 Å². The summed E-state index contributed by atoms with van der Waals surface area (Å²) in [6.07, 6.45) is 4.52. The molecule has 0 heteroatoms. The van der Waals surface area contributed by atoms with E-state index in [1.54, 1.807) is 0 Å². The van der Waals surface area contributed by atoms with E-state index in [0.29, 0.717) is 5.41 Å². The van der Waals surface area contributed by atoms with Gasteiger partial charge in [0, 0.05) is 0 Å². The Labute approximate surface area is 76.4 Å². The second kappa shape index (κ2) is 3.08. The minimum absolute atomic E-state index is 0.458. The fourth-order valence-corrected chi connectivity index (χ4v) is 2.45. The lowest BCUT2D eigenvalue weighted by molar-refractivity contribution is 0.00687. The van der Waals surface area contributed by atoms with Crippen molar-refractivity contribution in [1.29, 1.82) is 0 Å². The van der Waals surface area contributed by atoms with E-state index >= 15 is 0 Å². The molecule has 0 aromatic carbocycles. The Morgan fingerprint density at radius 3 is 2.50 bits per heavy atom. The van der Waals surface area contributed by atoms with Gasteiger partial charge in [-0.3, -0.25) is 0 Å². The van der Waals surface area contributed by atoms with Crippen molar-refractivity contribution in [3.05, 3.63) is 24.8 Å². The van der Waals surface area contributed by atoms with Crippen molar-refractivity contribution in [2.24, 2.45) is 17.3 Å². The first-order valence-electron chi connectivity index (χ1n) is 4.76. The van der Waals surface area contributed by atoms with Gasteiger partial charge in [-0.05, 0) is 37.0 Å². The van der Waals surface area contributed by atoms with Crippen LogP contribution in [0.2, 0.25) is 0 Å². The second-order valence-electron chi connectivity index (χ2n) is 4.68. The Hall–Kier alpha value is -0.520. The molecule has 2 unspecified atom stereocenters. The van der Waals surface area contributed by atoms with Crippen LogP contribution in [0.5, 0.6) is 0 Å². The molecule has 68 valence electrons. The van der Waals surface area contributed by atoms with Crippen molar-refractivity contribution < 1.29 is 0 Å². The van der Waals surface area contributed by atoms with Crippen LogP contribution in [0.1, 0.15) is 33.6 Å². The summed E-state index contributed by atoms with van der Waals surface area (Å²) in [6, 6.07) is 0. The first kappa shape index (κ1) is 9.57. The SMILES string of the molecule is C=CCC1CC(C(=C)C)C1(C)C. The molecule has 12 heavy (non-hydrogen) atoms. The van der Waals surface area contributed by atoms with Crippen molar-refractivity contribution in [3.63, 3.8) is 0 Å². The second-order valence-corrected chi connectivity index (χ2v) is 4.68. The van der Waals surface area contributed by atoms with Gasteiger partial charge in [-0.2, -0.15) is 0 Å². The van der Waals surface area contributed by atoms with E-state index in [1.807, 2.05) is 6.08 Å². The van der Waals surface area contributed by atoms with Crippen molar-refractivity contribution in [2.75, 3.05) is 0 Å². The van der Waals surface area contributed by atoms with Gasteiger partial charge in [0.2, 0.25) is 0 Å². The first-order valence-corrected chi connectivity index (χ1v) is 4.76. The Morgan fingerprint density at radius 2 is 2.17 bits per heavy atom. The summed E-state index contributed by atoms with van der Waals surface area (Å²) < 4.78 is 0. The van der Waals surface area contributed by atoms with E-state index < -0.39 is 0 Å². The Kier molecular flexibility index (Phi) is 2.46. The smallest absolute Gasteiger partial charge is 0.0152 e. The summed E-state index contributed by atoms with van der Waals surface area (Å²) in [5.41, 5.74) is 1.81.